The third-order valence-electron chi connectivity index (χ3n) is 7.94. The molecule has 2 aliphatic rings. The highest BCUT2D eigenvalue weighted by Gasteiger charge is 2.34. The number of piperidine rings is 1. The second-order valence-corrected chi connectivity index (χ2v) is 10.4. The zero-order valence-electron chi connectivity index (χ0n) is 21.3. The summed E-state index contributed by atoms with van der Waals surface area (Å²) in [6.45, 7) is 7.04. The maximum atomic E-state index is 13.8. The van der Waals surface area contributed by atoms with Crippen LogP contribution in [-0.2, 0) is 17.8 Å². The Hall–Kier alpha value is -2.70. The summed E-state index contributed by atoms with van der Waals surface area (Å²) in [4.78, 5) is 18.4. The molecule has 0 aliphatic carbocycles. The van der Waals surface area contributed by atoms with E-state index in [1.165, 1.54) is 24.8 Å². The molecule has 6 nitrogen and oxygen atoms in total. The molecule has 0 bridgehead atoms. The first-order valence-electron chi connectivity index (χ1n) is 13.2. The molecule has 4 rings (SSSR count). The zero-order chi connectivity index (χ0) is 24.9. The van der Waals surface area contributed by atoms with Gasteiger partial charge in [0.05, 0.1) is 5.92 Å². The Kier molecular flexibility index (Phi) is 8.24. The molecule has 3 atom stereocenters. The van der Waals surface area contributed by atoms with E-state index in [4.69, 9.17) is 16.9 Å². The fraction of sp³-hybridized carbons (Fsp3) is 0.517. The molecule has 2 aromatic carbocycles. The first-order valence-corrected chi connectivity index (χ1v) is 13.2. The summed E-state index contributed by atoms with van der Waals surface area (Å²) in [5.74, 6) is -0.108. The largest absolute Gasteiger partial charge is 0.384 e. The summed E-state index contributed by atoms with van der Waals surface area (Å²) >= 11 is 0. The van der Waals surface area contributed by atoms with Gasteiger partial charge in [-0.25, -0.2) is 0 Å². The molecule has 0 spiro atoms. The number of benzene rings is 2. The summed E-state index contributed by atoms with van der Waals surface area (Å²) in [7, 11) is 0. The topological polar surface area (TPSA) is 99.4 Å². The second-order valence-electron chi connectivity index (χ2n) is 10.4. The molecule has 1 fully saturated rings. The number of likely N-dealkylation sites (tertiary alicyclic amines) is 1. The molecule has 0 radical (unpaired) electrons. The number of unbranched alkanes of at least 4 members (excludes halogenated alkanes) is 2. The van der Waals surface area contributed by atoms with Crippen LogP contribution in [0, 0.1) is 5.41 Å². The average molecular weight is 476 g/mol. The highest BCUT2D eigenvalue weighted by molar-refractivity contribution is 6.02. The van der Waals surface area contributed by atoms with E-state index in [-0.39, 0.29) is 17.7 Å². The average Bonchev–Trinajstić information content (AvgIpc) is 2.86. The van der Waals surface area contributed by atoms with Crippen molar-refractivity contribution >= 4 is 17.4 Å². The number of nitrogen functional groups attached to an aromatic ring is 1. The molecular formula is C29H41N5O. The van der Waals surface area contributed by atoms with E-state index < -0.39 is 0 Å². The van der Waals surface area contributed by atoms with Crippen LogP contribution in [0.15, 0.2) is 42.5 Å². The standard InChI is InChI=1S/C29H41N5O/c1-20-8-6-9-21(2)33(20)14-4-3-5-15-34-27-16-22(19-30)12-13-24(27)18-26(29(34)35)23-10-7-11-25(17-23)28(31)32/h7,10-13,16-17,20-21,26H,3-6,8-9,14-15,18-19,30H2,1-2H3,(H3,31,32)/t20-,21+,26?. The van der Waals surface area contributed by atoms with Crippen LogP contribution in [0.4, 0.5) is 5.69 Å². The van der Waals surface area contributed by atoms with Crippen molar-refractivity contribution in [3.8, 4) is 0 Å². The molecule has 5 N–H and O–H groups in total. The SMILES string of the molecule is C[C@@H]1CCC[C@H](C)N1CCCCCN1C(=O)C(c2cccc(C(=N)N)c2)Cc2ccc(CN)cc21. The quantitative estimate of drug-likeness (QED) is 0.282. The van der Waals surface area contributed by atoms with Gasteiger partial charge in [0.2, 0.25) is 5.91 Å². The molecule has 0 aromatic heterocycles. The Morgan fingerprint density at radius 1 is 1.03 bits per heavy atom. The first kappa shape index (κ1) is 25.4. The monoisotopic (exact) mass is 475 g/mol. The van der Waals surface area contributed by atoms with E-state index in [2.05, 4.69) is 36.9 Å². The molecular weight excluding hydrogens is 434 g/mol. The van der Waals surface area contributed by atoms with E-state index in [0.717, 1.165) is 42.6 Å². The number of nitrogens with two attached hydrogens (primary N) is 2. The van der Waals surface area contributed by atoms with Crippen LogP contribution >= 0.6 is 0 Å². The van der Waals surface area contributed by atoms with E-state index in [1.807, 2.05) is 29.2 Å². The number of nitrogens with zero attached hydrogens (tertiary/aromatic N) is 2. The Morgan fingerprint density at radius 2 is 1.77 bits per heavy atom. The number of carbonyl (C=O) groups is 1. The molecule has 35 heavy (non-hydrogen) atoms. The Balaban J connectivity index is 1.47. The van der Waals surface area contributed by atoms with Gasteiger partial charge in [0.25, 0.3) is 0 Å². The van der Waals surface area contributed by atoms with Crippen molar-refractivity contribution < 1.29 is 4.79 Å². The van der Waals surface area contributed by atoms with Gasteiger partial charge in [-0.3, -0.25) is 15.1 Å². The number of fused-ring (bicyclic) bond motifs is 1. The van der Waals surface area contributed by atoms with Crippen molar-refractivity contribution in [3.05, 3.63) is 64.7 Å². The second kappa shape index (κ2) is 11.4. The number of hydrogen-bond acceptors (Lipinski definition) is 4. The molecule has 0 saturated carbocycles. The number of rotatable bonds is 9. The van der Waals surface area contributed by atoms with Gasteiger partial charge in [0.1, 0.15) is 5.84 Å². The predicted molar refractivity (Wildman–Crippen MR) is 144 cm³/mol. The smallest absolute Gasteiger partial charge is 0.234 e. The van der Waals surface area contributed by atoms with Gasteiger partial charge >= 0.3 is 0 Å². The first-order chi connectivity index (χ1) is 16.9. The summed E-state index contributed by atoms with van der Waals surface area (Å²) in [5.41, 5.74) is 16.5. The zero-order valence-corrected chi connectivity index (χ0v) is 21.3. The molecule has 2 aromatic rings. The number of carbonyl (C=O) groups excluding carboxylic acids is 1. The van der Waals surface area contributed by atoms with E-state index >= 15 is 0 Å². The third kappa shape index (κ3) is 5.76. The predicted octanol–water partition coefficient (Wildman–Crippen LogP) is 4.54. The maximum absolute atomic E-state index is 13.8. The summed E-state index contributed by atoms with van der Waals surface area (Å²) in [6.07, 6.45) is 7.86. The molecule has 2 heterocycles. The van der Waals surface area contributed by atoms with E-state index in [0.29, 0.717) is 37.2 Å². The van der Waals surface area contributed by atoms with E-state index in [9.17, 15) is 4.79 Å². The molecule has 1 unspecified atom stereocenters. The van der Waals surface area contributed by atoms with Crippen LogP contribution in [0.3, 0.4) is 0 Å². The van der Waals surface area contributed by atoms with Gasteiger partial charge in [-0.1, -0.05) is 43.2 Å². The lowest BCUT2D eigenvalue weighted by Gasteiger charge is -2.39. The van der Waals surface area contributed by atoms with Gasteiger partial charge in [0, 0.05) is 36.4 Å². The Bertz CT molecular complexity index is 1040. The fourth-order valence-corrected chi connectivity index (χ4v) is 5.84. The van der Waals surface area contributed by atoms with Crippen molar-refractivity contribution in [3.63, 3.8) is 0 Å². The van der Waals surface area contributed by atoms with Crippen LogP contribution in [0.2, 0.25) is 0 Å². The van der Waals surface area contributed by atoms with Crippen molar-refractivity contribution in [2.75, 3.05) is 18.0 Å². The molecule has 6 heteroatoms. The van der Waals surface area contributed by atoms with E-state index in [1.54, 1.807) is 0 Å². The Labute approximate surface area is 210 Å². The lowest BCUT2D eigenvalue weighted by atomic mass is 9.85. The van der Waals surface area contributed by atoms with Gasteiger partial charge in [-0.05, 0) is 81.3 Å². The van der Waals surface area contributed by atoms with Crippen LogP contribution in [0.5, 0.6) is 0 Å². The number of amides is 1. The molecule has 2 aliphatic heterocycles. The summed E-state index contributed by atoms with van der Waals surface area (Å²) in [6, 6.07) is 15.2. The lowest BCUT2D eigenvalue weighted by Crippen LogP contribution is -2.44. The van der Waals surface area contributed by atoms with Crippen LogP contribution in [-0.4, -0.2) is 41.8 Å². The molecule has 1 saturated heterocycles. The number of anilines is 1. The Morgan fingerprint density at radius 3 is 2.49 bits per heavy atom. The van der Waals surface area contributed by atoms with Crippen molar-refractivity contribution in [1.82, 2.24) is 4.90 Å². The van der Waals surface area contributed by atoms with Gasteiger partial charge in [0.15, 0.2) is 0 Å². The third-order valence-corrected chi connectivity index (χ3v) is 7.94. The van der Waals surface area contributed by atoms with Gasteiger partial charge < -0.3 is 16.4 Å². The molecule has 188 valence electrons. The number of amidine groups is 1. The van der Waals surface area contributed by atoms with Crippen molar-refractivity contribution in [1.29, 1.82) is 5.41 Å². The van der Waals surface area contributed by atoms with Crippen LogP contribution in [0.1, 0.15) is 80.5 Å². The van der Waals surface area contributed by atoms with Crippen molar-refractivity contribution in [2.45, 2.75) is 83.3 Å². The van der Waals surface area contributed by atoms with Crippen molar-refractivity contribution in [2.24, 2.45) is 11.5 Å². The lowest BCUT2D eigenvalue weighted by molar-refractivity contribution is -0.120. The summed E-state index contributed by atoms with van der Waals surface area (Å²) < 4.78 is 0. The maximum Gasteiger partial charge on any atom is 0.234 e. The van der Waals surface area contributed by atoms with Crippen LogP contribution < -0.4 is 16.4 Å². The highest BCUT2D eigenvalue weighted by Crippen LogP contribution is 2.37. The van der Waals surface area contributed by atoms with Gasteiger partial charge in [-0.15, -0.1) is 0 Å². The number of nitrogens with one attached hydrogen (secondary N) is 1. The highest BCUT2D eigenvalue weighted by atomic mass is 16.2. The minimum absolute atomic E-state index is 0.0253. The summed E-state index contributed by atoms with van der Waals surface area (Å²) in [5, 5.41) is 7.79. The minimum Gasteiger partial charge on any atom is -0.384 e. The van der Waals surface area contributed by atoms with Crippen LogP contribution in [0.25, 0.3) is 0 Å². The van der Waals surface area contributed by atoms with Gasteiger partial charge in [-0.2, -0.15) is 0 Å². The molecule has 1 amide bonds. The number of hydrogen-bond donors (Lipinski definition) is 3. The minimum atomic E-state index is -0.263. The normalized spacial score (nSPS) is 22.8. The fourth-order valence-electron chi connectivity index (χ4n) is 5.84.